The lowest BCUT2D eigenvalue weighted by molar-refractivity contribution is -0.432. The van der Waals surface area contributed by atoms with E-state index in [1.807, 2.05) is 0 Å². The second kappa shape index (κ2) is 20.7. The molecule has 23 nitrogen and oxygen atoms in total. The summed E-state index contributed by atoms with van der Waals surface area (Å²) in [6, 6.07) is 27.0. The first-order chi connectivity index (χ1) is 30.0. The molecule has 0 saturated heterocycles. The Morgan fingerprint density at radius 3 is 1.92 bits per heavy atom. The molecule has 0 fully saturated rings. The lowest BCUT2D eigenvalue weighted by Crippen LogP contribution is -2.17. The summed E-state index contributed by atoms with van der Waals surface area (Å²) in [6.07, 6.45) is -0.0674. The number of aromatic nitrogens is 3. The minimum absolute atomic E-state index is 0.0121. The van der Waals surface area contributed by atoms with E-state index in [-0.39, 0.29) is 53.7 Å². The van der Waals surface area contributed by atoms with Gasteiger partial charge in [0.15, 0.2) is 0 Å². The third-order valence-corrected chi connectivity index (χ3v) is 11.0. The number of anilines is 5. The van der Waals surface area contributed by atoms with E-state index in [1.54, 1.807) is 84.9 Å². The Bertz CT molecular complexity index is 2980. The number of benzene rings is 5. The highest BCUT2D eigenvalue weighted by Crippen LogP contribution is 2.34. The number of rotatable bonds is 21. The van der Waals surface area contributed by atoms with Crippen LogP contribution in [0, 0.1) is 0 Å². The van der Waals surface area contributed by atoms with Crippen molar-refractivity contribution in [2.75, 3.05) is 40.6 Å². The predicted octanol–water partition coefficient (Wildman–Crippen LogP) is 7.97. The van der Waals surface area contributed by atoms with Gasteiger partial charge in [-0.2, -0.15) is 60.7 Å². The van der Waals surface area contributed by atoms with Crippen LogP contribution in [0.5, 0.6) is 5.75 Å². The van der Waals surface area contributed by atoms with E-state index in [1.165, 1.54) is 18.2 Å². The van der Waals surface area contributed by atoms with Crippen molar-refractivity contribution in [3.05, 3.63) is 103 Å². The summed E-state index contributed by atoms with van der Waals surface area (Å²) < 4.78 is 106. The van der Waals surface area contributed by atoms with Crippen molar-refractivity contribution in [1.29, 1.82) is 0 Å². The molecule has 7 N–H and O–H groups in total. The largest absolute Gasteiger partial charge is 0.491 e. The van der Waals surface area contributed by atoms with Crippen LogP contribution in [-0.4, -0.2) is 83.8 Å². The van der Waals surface area contributed by atoms with Gasteiger partial charge in [0.1, 0.15) is 5.75 Å². The summed E-state index contributed by atoms with van der Waals surface area (Å²) in [5.41, 5.74) is 2.44. The minimum Gasteiger partial charge on any atom is -0.491 e. The number of nitrogens with one attached hydrogen (secondary N) is 3. The fourth-order valence-electron chi connectivity index (χ4n) is 5.26. The number of fused-ring (bicyclic) bond motifs is 1. The molecule has 6 rings (SSSR count). The molecule has 0 atom stereocenters. The Balaban J connectivity index is 1.22. The smallest absolute Gasteiger partial charge is 0.294 e. The quantitative estimate of drug-likeness (QED) is 0.00897. The molecule has 27 heteroatoms. The zero-order chi connectivity index (χ0) is 45.0. The maximum atomic E-state index is 11.5. The van der Waals surface area contributed by atoms with Gasteiger partial charge in [-0.15, -0.1) is 4.33 Å². The SMILES string of the molecule is O=S(=O)(O)CCCOc1cc(N=Nc2cccc(SOOO)c2)ccc1Nc1nc(NCCS(=O)(=O)O)nc(Nc2ccc(N=Nc3ccc4cc(S(=O)(=O)O)ccc4c3)cc2)n1. The summed E-state index contributed by atoms with van der Waals surface area (Å²) in [5.74, 6) is -1.24. The molecule has 5 aromatic carbocycles. The van der Waals surface area contributed by atoms with Gasteiger partial charge in [-0.1, -0.05) is 23.2 Å². The van der Waals surface area contributed by atoms with Gasteiger partial charge in [-0.3, -0.25) is 13.7 Å². The fourth-order valence-corrected chi connectivity index (χ4v) is 7.03. The molecule has 330 valence electrons. The standard InChI is InChI=1S/C36H34N10O13S4/c47-58-59-60-30-4-1-3-27(21-30)44-46-29-12-14-32(33(22-29)57-16-2-17-61(48,49)50)39-36-41-34(37-15-18-62(51,52)53)40-35(42-36)38-25-8-10-26(11-9-25)43-45-28-7-5-24-20-31(63(54,55)56)13-6-23(24)19-28/h1,3-14,19-22,47H,2,15-18H2,(H,48,49,50)(H,51,52,53)(H,54,55,56)(H3,37,38,39,40,41,42). The molecule has 0 aliphatic heterocycles. The van der Waals surface area contributed by atoms with Crippen LogP contribution in [-0.2, 0) is 39.7 Å². The Kier molecular flexibility index (Phi) is 15.2. The summed E-state index contributed by atoms with van der Waals surface area (Å²) in [6.45, 7) is -0.415. The fraction of sp³-hybridized carbons (Fsp3) is 0.139. The van der Waals surface area contributed by atoms with E-state index in [0.29, 0.717) is 44.1 Å². The van der Waals surface area contributed by atoms with Crippen molar-refractivity contribution in [3.63, 3.8) is 0 Å². The van der Waals surface area contributed by atoms with Crippen LogP contribution in [0.3, 0.4) is 0 Å². The van der Waals surface area contributed by atoms with E-state index in [2.05, 4.69) is 60.7 Å². The van der Waals surface area contributed by atoms with Gasteiger partial charge in [0.25, 0.3) is 30.4 Å². The van der Waals surface area contributed by atoms with Gasteiger partial charge >= 0.3 is 0 Å². The topological polar surface area (TPSA) is 335 Å². The van der Waals surface area contributed by atoms with Crippen molar-refractivity contribution in [3.8, 4) is 5.75 Å². The van der Waals surface area contributed by atoms with Crippen LogP contribution in [0.1, 0.15) is 6.42 Å². The lowest BCUT2D eigenvalue weighted by Gasteiger charge is -2.15. The summed E-state index contributed by atoms with van der Waals surface area (Å²) >= 11 is 0.735. The van der Waals surface area contributed by atoms with Crippen molar-refractivity contribution >= 4 is 105 Å². The normalized spacial score (nSPS) is 12.3. The van der Waals surface area contributed by atoms with Crippen LogP contribution in [0.25, 0.3) is 10.8 Å². The molecule has 0 amide bonds. The first kappa shape index (κ1) is 46.2. The maximum absolute atomic E-state index is 11.5. The Morgan fingerprint density at radius 2 is 1.22 bits per heavy atom. The molecular formula is C36H34N10O13S4. The summed E-state index contributed by atoms with van der Waals surface area (Å²) in [5, 5.41) is 39.0. The van der Waals surface area contributed by atoms with E-state index >= 15 is 0 Å². The van der Waals surface area contributed by atoms with E-state index in [9.17, 15) is 38.9 Å². The Hall–Kier alpha value is -6.27. The molecule has 0 aliphatic rings. The van der Waals surface area contributed by atoms with E-state index in [0.717, 1.165) is 12.0 Å². The summed E-state index contributed by atoms with van der Waals surface area (Å²) in [7, 11) is -12.9. The zero-order valence-corrected chi connectivity index (χ0v) is 35.3. The molecular weight excluding hydrogens is 909 g/mol. The van der Waals surface area contributed by atoms with Gasteiger partial charge in [-0.05, 0) is 96.1 Å². The minimum atomic E-state index is -4.35. The number of hydrogen-bond acceptors (Lipinski definition) is 21. The average Bonchev–Trinajstić information content (AvgIpc) is 3.23. The van der Waals surface area contributed by atoms with Crippen molar-refractivity contribution in [2.45, 2.75) is 16.2 Å². The monoisotopic (exact) mass is 942 g/mol. The van der Waals surface area contributed by atoms with Crippen molar-refractivity contribution < 1.29 is 58.3 Å². The third-order valence-electron chi connectivity index (χ3n) is 8.05. The van der Waals surface area contributed by atoms with Crippen LogP contribution in [0.4, 0.5) is 52.0 Å². The number of azo groups is 2. The van der Waals surface area contributed by atoms with Gasteiger partial charge in [0, 0.05) is 23.2 Å². The van der Waals surface area contributed by atoms with Crippen LogP contribution in [0.2, 0.25) is 0 Å². The van der Waals surface area contributed by atoms with Crippen molar-refractivity contribution in [1.82, 2.24) is 15.0 Å². The first-order valence-electron chi connectivity index (χ1n) is 17.9. The molecule has 63 heavy (non-hydrogen) atoms. The van der Waals surface area contributed by atoms with Gasteiger partial charge in [-0.25, -0.2) is 5.26 Å². The molecule has 0 aliphatic carbocycles. The summed E-state index contributed by atoms with van der Waals surface area (Å²) in [4.78, 5) is 13.4. The van der Waals surface area contributed by atoms with Crippen LogP contribution in [0.15, 0.2) is 133 Å². The van der Waals surface area contributed by atoms with E-state index in [4.69, 9.17) is 9.99 Å². The average molecular weight is 943 g/mol. The molecule has 0 saturated carbocycles. The third kappa shape index (κ3) is 15.0. The number of ether oxygens (including phenoxy) is 1. The molecule has 6 aromatic rings. The number of nitrogens with zero attached hydrogens (tertiary/aromatic N) is 7. The maximum Gasteiger partial charge on any atom is 0.294 e. The molecule has 1 aromatic heterocycles. The van der Waals surface area contributed by atoms with Gasteiger partial charge in [0.05, 0.1) is 63.5 Å². The second-order valence-corrected chi connectivity index (χ2v) is 18.1. The van der Waals surface area contributed by atoms with Gasteiger partial charge < -0.3 is 20.7 Å². The van der Waals surface area contributed by atoms with Crippen molar-refractivity contribution in [2.24, 2.45) is 20.5 Å². The molecule has 0 bridgehead atoms. The highest BCUT2D eigenvalue weighted by atomic mass is 32.2. The van der Waals surface area contributed by atoms with Crippen LogP contribution < -0.4 is 20.7 Å². The molecule has 0 unspecified atom stereocenters. The lowest BCUT2D eigenvalue weighted by atomic mass is 10.1. The second-order valence-electron chi connectivity index (χ2n) is 12.8. The number of hydrogen-bond donors (Lipinski definition) is 7. The molecule has 0 spiro atoms. The first-order valence-corrected chi connectivity index (χ1v) is 23.3. The molecule has 0 radical (unpaired) electrons. The highest BCUT2D eigenvalue weighted by Gasteiger charge is 2.15. The van der Waals surface area contributed by atoms with Gasteiger partial charge in [0.2, 0.25) is 17.8 Å². The Labute approximate surface area is 363 Å². The predicted molar refractivity (Wildman–Crippen MR) is 230 cm³/mol. The zero-order valence-electron chi connectivity index (χ0n) is 32.1. The molecule has 1 heterocycles. The van der Waals surface area contributed by atoms with E-state index < -0.39 is 41.9 Å². The Morgan fingerprint density at radius 1 is 0.619 bits per heavy atom. The highest BCUT2D eigenvalue weighted by molar-refractivity contribution is 7.94. The van der Waals surface area contributed by atoms with Crippen LogP contribution >= 0.6 is 12.0 Å².